The van der Waals surface area contributed by atoms with Gasteiger partial charge in [0.2, 0.25) is 0 Å². The van der Waals surface area contributed by atoms with Crippen LogP contribution in [0.25, 0.3) is 0 Å². The summed E-state index contributed by atoms with van der Waals surface area (Å²) >= 11 is 6.38. The van der Waals surface area contributed by atoms with Crippen molar-refractivity contribution < 1.29 is 5.11 Å². The Morgan fingerprint density at radius 1 is 1.39 bits per heavy atom. The minimum Gasteiger partial charge on any atom is -0.393 e. The van der Waals surface area contributed by atoms with Gasteiger partial charge in [0.05, 0.1) is 22.5 Å². The zero-order chi connectivity index (χ0) is 13.1. The normalized spacial score (nSPS) is 25.1. The number of nitrogens with zero attached hydrogens (tertiary/aromatic N) is 2. The summed E-state index contributed by atoms with van der Waals surface area (Å²) in [7, 11) is 1.97. The highest BCUT2D eigenvalue weighted by Crippen LogP contribution is 2.30. The van der Waals surface area contributed by atoms with Crippen LogP contribution in [0.1, 0.15) is 50.4 Å². The highest BCUT2D eigenvalue weighted by Gasteiger charge is 2.22. The third-order valence-corrected chi connectivity index (χ3v) is 4.43. The van der Waals surface area contributed by atoms with Crippen molar-refractivity contribution in [1.82, 2.24) is 9.78 Å². The molecule has 1 fully saturated rings. The summed E-state index contributed by atoms with van der Waals surface area (Å²) in [5, 5.41) is 15.2. The summed E-state index contributed by atoms with van der Waals surface area (Å²) in [5.74, 6) is 0.542. The van der Waals surface area contributed by atoms with Crippen molar-refractivity contribution in [2.24, 2.45) is 13.0 Å². The van der Waals surface area contributed by atoms with Gasteiger partial charge in [0, 0.05) is 7.05 Å². The summed E-state index contributed by atoms with van der Waals surface area (Å²) in [6.07, 6.45) is 7.11. The quantitative estimate of drug-likeness (QED) is 0.857. The summed E-state index contributed by atoms with van der Waals surface area (Å²) in [6, 6.07) is 0. The molecule has 0 aromatic carbocycles. The fraction of sp³-hybridized carbons (Fsp3) is 0.786. The van der Waals surface area contributed by atoms with E-state index in [1.54, 1.807) is 0 Å². The standard InChI is InChI=1S/C14H23ClN2O/c1-3-12-14(15)13(17(2)16-12)9-10-6-4-5-7-11(18)8-10/h10-11,18H,3-9H2,1-2H3. The van der Waals surface area contributed by atoms with Crippen molar-refractivity contribution in [1.29, 1.82) is 0 Å². The highest BCUT2D eigenvalue weighted by atomic mass is 35.5. The number of rotatable bonds is 3. The number of aromatic nitrogens is 2. The van der Waals surface area contributed by atoms with E-state index in [1.807, 2.05) is 11.7 Å². The van der Waals surface area contributed by atoms with Crippen molar-refractivity contribution in [3.8, 4) is 0 Å². The molecule has 0 spiro atoms. The minimum atomic E-state index is -0.129. The van der Waals surface area contributed by atoms with Gasteiger partial charge in [0.15, 0.2) is 0 Å². The zero-order valence-electron chi connectivity index (χ0n) is 11.3. The number of aliphatic hydroxyl groups is 1. The van der Waals surface area contributed by atoms with Crippen molar-refractivity contribution in [2.45, 2.75) is 58.0 Å². The average molecular weight is 271 g/mol. The third kappa shape index (κ3) is 3.07. The predicted molar refractivity (Wildman–Crippen MR) is 73.9 cm³/mol. The van der Waals surface area contributed by atoms with Gasteiger partial charge in [0.1, 0.15) is 0 Å². The molecule has 2 unspecified atom stereocenters. The van der Waals surface area contributed by atoms with E-state index in [9.17, 15) is 5.11 Å². The molecular weight excluding hydrogens is 248 g/mol. The maximum atomic E-state index is 9.87. The third-order valence-electron chi connectivity index (χ3n) is 3.99. The molecule has 2 atom stereocenters. The van der Waals surface area contributed by atoms with Gasteiger partial charge in [-0.25, -0.2) is 0 Å². The Balaban J connectivity index is 2.10. The summed E-state index contributed by atoms with van der Waals surface area (Å²) in [4.78, 5) is 0. The first-order valence-electron chi connectivity index (χ1n) is 7.00. The molecule has 1 aromatic rings. The number of hydrogen-bond acceptors (Lipinski definition) is 2. The van der Waals surface area contributed by atoms with Gasteiger partial charge in [-0.1, -0.05) is 31.4 Å². The van der Waals surface area contributed by atoms with E-state index in [4.69, 9.17) is 11.6 Å². The van der Waals surface area contributed by atoms with E-state index in [-0.39, 0.29) is 6.10 Å². The van der Waals surface area contributed by atoms with E-state index in [2.05, 4.69) is 12.0 Å². The first kappa shape index (κ1) is 13.9. The highest BCUT2D eigenvalue weighted by molar-refractivity contribution is 6.31. The molecule has 0 bridgehead atoms. The first-order chi connectivity index (χ1) is 8.61. The van der Waals surface area contributed by atoms with E-state index >= 15 is 0 Å². The minimum absolute atomic E-state index is 0.129. The largest absolute Gasteiger partial charge is 0.393 e. The van der Waals surface area contributed by atoms with Crippen molar-refractivity contribution in [2.75, 3.05) is 0 Å². The Morgan fingerprint density at radius 3 is 2.78 bits per heavy atom. The zero-order valence-corrected chi connectivity index (χ0v) is 12.1. The Hall–Kier alpha value is -0.540. The van der Waals surface area contributed by atoms with Crippen LogP contribution in [0, 0.1) is 5.92 Å². The molecule has 1 aliphatic carbocycles. The summed E-state index contributed by atoms with van der Waals surface area (Å²) in [5.41, 5.74) is 2.12. The van der Waals surface area contributed by atoms with Crippen molar-refractivity contribution >= 4 is 11.6 Å². The van der Waals surface area contributed by atoms with Gasteiger partial charge < -0.3 is 5.11 Å². The van der Waals surface area contributed by atoms with Crippen LogP contribution in [0.5, 0.6) is 0 Å². The molecule has 2 rings (SSSR count). The molecular formula is C14H23ClN2O. The molecule has 102 valence electrons. The van der Waals surface area contributed by atoms with Crippen LogP contribution in [-0.4, -0.2) is 21.0 Å². The maximum absolute atomic E-state index is 9.87. The topological polar surface area (TPSA) is 38.0 Å². The molecule has 1 saturated carbocycles. The summed E-state index contributed by atoms with van der Waals surface area (Å²) in [6.45, 7) is 2.08. The maximum Gasteiger partial charge on any atom is 0.0849 e. The molecule has 0 amide bonds. The van der Waals surface area contributed by atoms with E-state index in [0.29, 0.717) is 5.92 Å². The Morgan fingerprint density at radius 2 is 2.11 bits per heavy atom. The smallest absolute Gasteiger partial charge is 0.0849 e. The molecule has 1 aliphatic rings. The molecule has 1 aromatic heterocycles. The lowest BCUT2D eigenvalue weighted by molar-refractivity contribution is 0.141. The van der Waals surface area contributed by atoms with Crippen molar-refractivity contribution in [3.63, 3.8) is 0 Å². The Bertz CT molecular complexity index is 403. The lowest BCUT2D eigenvalue weighted by Crippen LogP contribution is -2.14. The average Bonchev–Trinajstić information content (AvgIpc) is 2.53. The van der Waals surface area contributed by atoms with Crippen LogP contribution >= 0.6 is 11.6 Å². The summed E-state index contributed by atoms with van der Waals surface area (Å²) < 4.78 is 1.92. The second-order valence-electron chi connectivity index (χ2n) is 5.43. The number of halogens is 1. The van der Waals surface area contributed by atoms with E-state index in [1.165, 1.54) is 12.8 Å². The number of hydrogen-bond donors (Lipinski definition) is 1. The monoisotopic (exact) mass is 270 g/mol. The number of aryl methyl sites for hydroxylation is 2. The van der Waals surface area contributed by atoms with Gasteiger partial charge in [-0.3, -0.25) is 4.68 Å². The predicted octanol–water partition coefficient (Wildman–Crippen LogP) is 3.12. The second-order valence-corrected chi connectivity index (χ2v) is 5.81. The Kier molecular flexibility index (Phi) is 4.68. The van der Waals surface area contributed by atoms with Gasteiger partial charge in [0.25, 0.3) is 0 Å². The van der Waals surface area contributed by atoms with Crippen LogP contribution < -0.4 is 0 Å². The second kappa shape index (κ2) is 6.07. The van der Waals surface area contributed by atoms with Crippen LogP contribution in [0.15, 0.2) is 0 Å². The Labute approximate surface area is 114 Å². The van der Waals surface area contributed by atoms with Crippen molar-refractivity contribution in [3.05, 3.63) is 16.4 Å². The van der Waals surface area contributed by atoms with Gasteiger partial charge >= 0.3 is 0 Å². The van der Waals surface area contributed by atoms with Crippen LogP contribution in [0.4, 0.5) is 0 Å². The van der Waals surface area contributed by atoms with Gasteiger partial charge in [-0.2, -0.15) is 5.10 Å². The number of aliphatic hydroxyl groups excluding tert-OH is 1. The van der Waals surface area contributed by atoms with Crippen LogP contribution in [0.2, 0.25) is 5.02 Å². The van der Waals surface area contributed by atoms with E-state index in [0.717, 1.165) is 48.5 Å². The fourth-order valence-corrected chi connectivity index (χ4v) is 3.30. The molecule has 1 N–H and O–H groups in total. The lowest BCUT2D eigenvalue weighted by atomic mass is 9.94. The van der Waals surface area contributed by atoms with Crippen LogP contribution in [0.3, 0.4) is 0 Å². The fourth-order valence-electron chi connectivity index (χ4n) is 2.93. The SMILES string of the molecule is CCc1nn(C)c(CC2CCCCC(O)C2)c1Cl. The molecule has 1 heterocycles. The lowest BCUT2D eigenvalue weighted by Gasteiger charge is -2.16. The molecule has 0 saturated heterocycles. The molecule has 4 heteroatoms. The van der Waals surface area contributed by atoms with Crippen LogP contribution in [-0.2, 0) is 19.9 Å². The molecule has 0 aliphatic heterocycles. The van der Waals surface area contributed by atoms with Gasteiger partial charge in [-0.15, -0.1) is 0 Å². The van der Waals surface area contributed by atoms with Gasteiger partial charge in [-0.05, 0) is 38.0 Å². The van der Waals surface area contributed by atoms with E-state index < -0.39 is 0 Å². The molecule has 18 heavy (non-hydrogen) atoms. The molecule has 3 nitrogen and oxygen atoms in total. The first-order valence-corrected chi connectivity index (χ1v) is 7.38. The molecule has 0 radical (unpaired) electrons.